The Morgan fingerprint density at radius 2 is 2.00 bits per heavy atom. The van der Waals surface area contributed by atoms with E-state index in [0.717, 1.165) is 6.07 Å². The first-order valence-corrected chi connectivity index (χ1v) is 6.01. The molecule has 8 heteroatoms. The molecular formula is C7H6BrIN2O3S. The van der Waals surface area contributed by atoms with E-state index in [1.54, 1.807) is 29.5 Å². The van der Waals surface area contributed by atoms with Crippen LogP contribution in [0.15, 0.2) is 17.0 Å². The van der Waals surface area contributed by atoms with Crippen LogP contribution in [-0.2, 0) is 10.1 Å². The van der Waals surface area contributed by atoms with Gasteiger partial charge in [-0.25, -0.2) is 0 Å². The quantitative estimate of drug-likeness (QED) is 0.382. The van der Waals surface area contributed by atoms with Crippen LogP contribution in [0.1, 0.15) is 5.56 Å². The number of diazo groups is 1. The molecular weight excluding hydrogens is 399 g/mol. The topological polar surface area (TPSA) is 82.5 Å². The highest BCUT2D eigenvalue weighted by molar-refractivity contribution is 14.1. The molecule has 0 amide bonds. The minimum atomic E-state index is -4.27. The van der Waals surface area contributed by atoms with E-state index in [1.807, 2.05) is 0 Å². The minimum Gasteiger partial charge on any atom is -1.00 e. The number of halogens is 2. The summed E-state index contributed by atoms with van der Waals surface area (Å²) in [5, 5.41) is 8.49. The highest BCUT2D eigenvalue weighted by Crippen LogP contribution is 2.27. The van der Waals surface area contributed by atoms with Crippen LogP contribution in [0.4, 0.5) is 5.69 Å². The van der Waals surface area contributed by atoms with Crippen molar-refractivity contribution in [2.45, 2.75) is 11.8 Å². The molecule has 15 heavy (non-hydrogen) atoms. The first-order valence-electron chi connectivity index (χ1n) is 3.49. The number of benzene rings is 1. The summed E-state index contributed by atoms with van der Waals surface area (Å²) in [6, 6.07) is 2.61. The molecule has 0 radical (unpaired) electrons. The Bertz CT molecular complexity index is 524. The van der Waals surface area contributed by atoms with E-state index in [9.17, 15) is 8.42 Å². The smallest absolute Gasteiger partial charge is 0.386 e. The van der Waals surface area contributed by atoms with E-state index >= 15 is 0 Å². The molecule has 0 atom stereocenters. The summed E-state index contributed by atoms with van der Waals surface area (Å²) in [5.74, 6) is 0. The lowest BCUT2D eigenvalue weighted by Crippen LogP contribution is -3.00. The van der Waals surface area contributed by atoms with Crippen molar-refractivity contribution in [3.63, 3.8) is 0 Å². The maximum absolute atomic E-state index is 10.9. The third-order valence-corrected chi connectivity index (χ3v) is 4.27. The first-order chi connectivity index (χ1) is 6.36. The zero-order chi connectivity index (χ0) is 10.9. The fraction of sp³-hybridized carbons (Fsp3) is 0.143. The van der Waals surface area contributed by atoms with E-state index in [4.69, 9.17) is 9.95 Å². The van der Waals surface area contributed by atoms with Gasteiger partial charge in [-0.2, -0.15) is 8.42 Å². The highest BCUT2D eigenvalue weighted by Gasteiger charge is 2.21. The van der Waals surface area contributed by atoms with Gasteiger partial charge < -0.3 is 17.0 Å². The standard InChI is InChI=1S/C7H5IN2O3S.BrH/c1-4-2-5(10-9)3-6(7(4)8)14(11,12)13;/h2-3H,1H3;1H. The number of rotatable bonds is 1. The van der Waals surface area contributed by atoms with Gasteiger partial charge in [0.05, 0.1) is 6.07 Å². The monoisotopic (exact) mass is 404 g/mol. The number of nitrogens with zero attached hydrogens (tertiary/aromatic N) is 2. The van der Waals surface area contributed by atoms with Gasteiger partial charge in [-0.3, -0.25) is 4.55 Å². The Balaban J connectivity index is 0.00000196. The van der Waals surface area contributed by atoms with Gasteiger partial charge in [0.15, 0.2) is 4.98 Å². The molecule has 0 aliphatic heterocycles. The molecule has 0 heterocycles. The summed E-state index contributed by atoms with van der Waals surface area (Å²) in [4.78, 5) is 2.62. The van der Waals surface area contributed by atoms with Crippen LogP contribution in [0, 0.1) is 15.9 Å². The van der Waals surface area contributed by atoms with Crippen LogP contribution >= 0.6 is 22.6 Å². The normalized spacial score (nSPS) is 10.3. The lowest BCUT2D eigenvalue weighted by molar-refractivity contribution is -0.00000715. The predicted molar refractivity (Wildman–Crippen MR) is 58.5 cm³/mol. The van der Waals surface area contributed by atoms with Crippen LogP contribution in [0.5, 0.6) is 0 Å². The molecule has 0 aliphatic carbocycles. The van der Waals surface area contributed by atoms with Gasteiger partial charge in [0.1, 0.15) is 4.90 Å². The summed E-state index contributed by atoms with van der Waals surface area (Å²) in [5.41, 5.74) is 0.712. The van der Waals surface area contributed by atoms with Gasteiger partial charge in [-0.05, 0) is 35.1 Å². The fourth-order valence-corrected chi connectivity index (χ4v) is 2.77. The van der Waals surface area contributed by atoms with Crippen LogP contribution in [-0.4, -0.2) is 13.0 Å². The molecule has 0 aliphatic rings. The molecule has 82 valence electrons. The second-order valence-electron chi connectivity index (χ2n) is 2.65. The van der Waals surface area contributed by atoms with Gasteiger partial charge in [-0.1, -0.05) is 0 Å². The first kappa shape index (κ1) is 14.8. The lowest BCUT2D eigenvalue weighted by atomic mass is 10.2. The van der Waals surface area contributed by atoms with Crippen molar-refractivity contribution in [1.29, 1.82) is 5.39 Å². The number of hydrogen-bond donors (Lipinski definition) is 1. The van der Waals surface area contributed by atoms with Crippen LogP contribution in [0.2, 0.25) is 0 Å². The zero-order valence-electron chi connectivity index (χ0n) is 7.48. The maximum atomic E-state index is 10.9. The average Bonchev–Trinajstić information content (AvgIpc) is 2.07. The molecule has 0 bridgehead atoms. The molecule has 0 spiro atoms. The molecule has 0 unspecified atom stereocenters. The van der Waals surface area contributed by atoms with Crippen molar-refractivity contribution in [3.05, 3.63) is 26.2 Å². The SMILES string of the molecule is Cc1cc([N+]#N)cc(S(=O)(=O)O)c1I.[Br-]. The van der Waals surface area contributed by atoms with E-state index in [1.165, 1.54) is 6.07 Å². The van der Waals surface area contributed by atoms with Crippen molar-refractivity contribution in [1.82, 2.24) is 0 Å². The Morgan fingerprint density at radius 3 is 2.40 bits per heavy atom. The van der Waals surface area contributed by atoms with E-state index in [0.29, 0.717) is 9.13 Å². The van der Waals surface area contributed by atoms with Crippen LogP contribution in [0.25, 0.3) is 4.98 Å². The Labute approximate surface area is 111 Å². The maximum Gasteiger partial charge on any atom is 0.386 e. The van der Waals surface area contributed by atoms with Gasteiger partial charge in [0.25, 0.3) is 10.1 Å². The van der Waals surface area contributed by atoms with Crippen molar-refractivity contribution in [3.8, 4) is 0 Å². The molecule has 1 aromatic carbocycles. The van der Waals surface area contributed by atoms with E-state index in [2.05, 4.69) is 4.98 Å². The molecule has 0 saturated carbocycles. The van der Waals surface area contributed by atoms with Crippen LogP contribution < -0.4 is 17.0 Å². The zero-order valence-corrected chi connectivity index (χ0v) is 12.0. The second-order valence-corrected chi connectivity index (χ2v) is 5.12. The third-order valence-electron chi connectivity index (χ3n) is 1.60. The van der Waals surface area contributed by atoms with Crippen molar-refractivity contribution >= 4 is 38.4 Å². The van der Waals surface area contributed by atoms with Gasteiger partial charge in [0.2, 0.25) is 5.39 Å². The lowest BCUT2D eigenvalue weighted by Gasteiger charge is -2.01. The van der Waals surface area contributed by atoms with Gasteiger partial charge in [-0.15, -0.1) is 0 Å². The molecule has 0 aromatic heterocycles. The number of hydrogen-bond acceptors (Lipinski definition) is 3. The largest absolute Gasteiger partial charge is 1.00 e. The van der Waals surface area contributed by atoms with E-state index in [-0.39, 0.29) is 27.6 Å². The Kier molecular flexibility index (Phi) is 5.12. The Hall–Kier alpha value is -0.240. The van der Waals surface area contributed by atoms with E-state index < -0.39 is 10.1 Å². The Morgan fingerprint density at radius 1 is 1.47 bits per heavy atom. The predicted octanol–water partition coefficient (Wildman–Crippen LogP) is -0.665. The third kappa shape index (κ3) is 3.37. The molecule has 0 fully saturated rings. The van der Waals surface area contributed by atoms with Gasteiger partial charge in [0, 0.05) is 9.64 Å². The summed E-state index contributed by atoms with van der Waals surface area (Å²) >= 11 is 1.80. The number of aryl methyl sites for hydroxylation is 1. The molecule has 0 saturated heterocycles. The van der Waals surface area contributed by atoms with Crippen molar-refractivity contribution < 1.29 is 30.0 Å². The summed E-state index contributed by atoms with van der Waals surface area (Å²) in [6.45, 7) is 1.66. The summed E-state index contributed by atoms with van der Waals surface area (Å²) in [7, 11) is -4.27. The molecule has 1 N–H and O–H groups in total. The minimum absolute atomic E-state index is 0. The molecule has 1 aromatic rings. The summed E-state index contributed by atoms with van der Waals surface area (Å²) in [6.07, 6.45) is 0. The average molecular weight is 405 g/mol. The van der Waals surface area contributed by atoms with Crippen molar-refractivity contribution in [2.24, 2.45) is 0 Å². The molecule has 5 nitrogen and oxygen atoms in total. The van der Waals surface area contributed by atoms with Gasteiger partial charge >= 0.3 is 5.69 Å². The summed E-state index contributed by atoms with van der Waals surface area (Å²) < 4.78 is 31.1. The highest BCUT2D eigenvalue weighted by atomic mass is 127. The second kappa shape index (κ2) is 5.20. The fourth-order valence-electron chi connectivity index (χ4n) is 0.964. The molecule has 1 rings (SSSR count). The van der Waals surface area contributed by atoms with Crippen LogP contribution in [0.3, 0.4) is 0 Å². The van der Waals surface area contributed by atoms with Crippen molar-refractivity contribution in [2.75, 3.05) is 0 Å².